The Labute approximate surface area is 95.5 Å². The summed E-state index contributed by atoms with van der Waals surface area (Å²) in [6.07, 6.45) is -0.0770. The SMILES string of the molecule is O=S1(=O)CC(O)C(NCCCOCCO)C1. The van der Waals surface area contributed by atoms with Gasteiger partial charge in [-0.3, -0.25) is 0 Å². The minimum atomic E-state index is -3.07. The van der Waals surface area contributed by atoms with E-state index < -0.39 is 15.9 Å². The predicted octanol–water partition coefficient (Wildman–Crippen LogP) is -1.87. The molecule has 1 rings (SSSR count). The lowest BCUT2D eigenvalue weighted by molar-refractivity contribution is 0.0892. The molecule has 3 N–H and O–H groups in total. The van der Waals surface area contributed by atoms with Gasteiger partial charge in [0.05, 0.1) is 30.8 Å². The first-order chi connectivity index (χ1) is 7.55. The maximum atomic E-state index is 11.2. The fourth-order valence-electron chi connectivity index (χ4n) is 1.65. The quantitative estimate of drug-likeness (QED) is 0.460. The van der Waals surface area contributed by atoms with Gasteiger partial charge in [0, 0.05) is 12.6 Å². The third kappa shape index (κ3) is 4.75. The van der Waals surface area contributed by atoms with E-state index in [-0.39, 0.29) is 24.2 Å². The van der Waals surface area contributed by atoms with Crippen LogP contribution in [0.1, 0.15) is 6.42 Å². The van der Waals surface area contributed by atoms with Crippen LogP contribution >= 0.6 is 0 Å². The van der Waals surface area contributed by atoms with Gasteiger partial charge < -0.3 is 20.3 Å². The van der Waals surface area contributed by atoms with Crippen LogP contribution < -0.4 is 5.32 Å². The molecule has 6 nitrogen and oxygen atoms in total. The maximum absolute atomic E-state index is 11.2. The molecule has 7 heteroatoms. The molecule has 0 amide bonds. The lowest BCUT2D eigenvalue weighted by Gasteiger charge is -2.14. The fraction of sp³-hybridized carbons (Fsp3) is 1.00. The summed E-state index contributed by atoms with van der Waals surface area (Å²) in [5.74, 6) is -0.142. The van der Waals surface area contributed by atoms with Crippen LogP contribution in [0.15, 0.2) is 0 Å². The maximum Gasteiger partial charge on any atom is 0.154 e. The number of sulfone groups is 1. The first kappa shape index (κ1) is 13.9. The molecule has 0 spiro atoms. The molecule has 0 aromatic heterocycles. The van der Waals surface area contributed by atoms with Gasteiger partial charge in [-0.1, -0.05) is 0 Å². The number of ether oxygens (including phenoxy) is 1. The number of aliphatic hydroxyl groups is 2. The molecule has 0 aromatic rings. The summed E-state index contributed by atoms with van der Waals surface area (Å²) in [5, 5.41) is 20.9. The molecular weight excluding hydrogens is 234 g/mol. The molecule has 0 saturated carbocycles. The molecular formula is C9H19NO5S. The number of hydrogen-bond donors (Lipinski definition) is 3. The summed E-state index contributed by atoms with van der Waals surface area (Å²) in [6.45, 7) is 1.44. The van der Waals surface area contributed by atoms with Crippen LogP contribution in [0.3, 0.4) is 0 Å². The Morgan fingerprint density at radius 1 is 1.31 bits per heavy atom. The first-order valence-corrected chi connectivity index (χ1v) is 7.18. The van der Waals surface area contributed by atoms with Gasteiger partial charge in [0.2, 0.25) is 0 Å². The molecule has 2 atom stereocenters. The first-order valence-electron chi connectivity index (χ1n) is 5.35. The summed E-state index contributed by atoms with van der Waals surface area (Å²) < 4.78 is 27.4. The van der Waals surface area contributed by atoms with Crippen LogP contribution in [-0.4, -0.2) is 68.6 Å². The Morgan fingerprint density at radius 2 is 2.06 bits per heavy atom. The number of rotatable bonds is 7. The van der Waals surface area contributed by atoms with Crippen molar-refractivity contribution in [3.63, 3.8) is 0 Å². The summed E-state index contributed by atoms with van der Waals surface area (Å²) in [4.78, 5) is 0. The van der Waals surface area contributed by atoms with Crippen molar-refractivity contribution in [2.75, 3.05) is 37.9 Å². The lowest BCUT2D eigenvalue weighted by Crippen LogP contribution is -2.39. The van der Waals surface area contributed by atoms with E-state index in [2.05, 4.69) is 5.32 Å². The Balaban J connectivity index is 2.10. The normalized spacial score (nSPS) is 28.4. The molecule has 1 fully saturated rings. The van der Waals surface area contributed by atoms with Gasteiger partial charge in [-0.05, 0) is 13.0 Å². The van der Waals surface area contributed by atoms with Gasteiger partial charge in [-0.2, -0.15) is 0 Å². The zero-order valence-corrected chi connectivity index (χ0v) is 9.95. The molecule has 96 valence electrons. The van der Waals surface area contributed by atoms with Crippen molar-refractivity contribution in [3.8, 4) is 0 Å². The third-order valence-corrected chi connectivity index (χ3v) is 4.15. The van der Waals surface area contributed by atoms with Gasteiger partial charge >= 0.3 is 0 Å². The highest BCUT2D eigenvalue weighted by Gasteiger charge is 2.35. The fourth-order valence-corrected chi connectivity index (χ4v) is 3.43. The zero-order valence-electron chi connectivity index (χ0n) is 9.13. The van der Waals surface area contributed by atoms with E-state index in [9.17, 15) is 13.5 Å². The van der Waals surface area contributed by atoms with Crippen molar-refractivity contribution in [3.05, 3.63) is 0 Å². The van der Waals surface area contributed by atoms with E-state index in [1.807, 2.05) is 0 Å². The molecule has 1 saturated heterocycles. The van der Waals surface area contributed by atoms with Crippen molar-refractivity contribution in [1.82, 2.24) is 5.32 Å². The molecule has 1 aliphatic rings. The molecule has 0 bridgehead atoms. The lowest BCUT2D eigenvalue weighted by atomic mass is 10.2. The topological polar surface area (TPSA) is 95.9 Å². The Bertz CT molecular complexity index is 292. The van der Waals surface area contributed by atoms with Crippen LogP contribution in [-0.2, 0) is 14.6 Å². The Morgan fingerprint density at radius 3 is 2.62 bits per heavy atom. The van der Waals surface area contributed by atoms with Gasteiger partial charge in [0.15, 0.2) is 9.84 Å². The minimum Gasteiger partial charge on any atom is -0.394 e. The molecule has 2 unspecified atom stereocenters. The van der Waals surface area contributed by atoms with Crippen molar-refractivity contribution >= 4 is 9.84 Å². The third-order valence-electron chi connectivity index (χ3n) is 2.43. The largest absolute Gasteiger partial charge is 0.394 e. The average molecular weight is 253 g/mol. The van der Waals surface area contributed by atoms with E-state index in [1.54, 1.807) is 0 Å². The second-order valence-electron chi connectivity index (χ2n) is 3.89. The Kier molecular flexibility index (Phi) is 5.63. The highest BCUT2D eigenvalue weighted by atomic mass is 32.2. The van der Waals surface area contributed by atoms with Crippen LogP contribution in [0.2, 0.25) is 0 Å². The van der Waals surface area contributed by atoms with Gasteiger partial charge in [-0.15, -0.1) is 0 Å². The van der Waals surface area contributed by atoms with Gasteiger partial charge in [-0.25, -0.2) is 8.42 Å². The molecule has 1 heterocycles. The second kappa shape index (κ2) is 6.51. The second-order valence-corrected chi connectivity index (χ2v) is 6.05. The van der Waals surface area contributed by atoms with Crippen LogP contribution in [0.25, 0.3) is 0 Å². The summed E-state index contributed by atoms with van der Waals surface area (Å²) >= 11 is 0. The number of hydrogen-bond acceptors (Lipinski definition) is 6. The van der Waals surface area contributed by atoms with E-state index in [4.69, 9.17) is 9.84 Å². The van der Waals surface area contributed by atoms with Crippen LogP contribution in [0.5, 0.6) is 0 Å². The number of aliphatic hydroxyl groups excluding tert-OH is 2. The zero-order chi connectivity index (χ0) is 12.0. The van der Waals surface area contributed by atoms with E-state index in [0.29, 0.717) is 19.8 Å². The smallest absolute Gasteiger partial charge is 0.154 e. The Hall–Kier alpha value is -0.210. The molecule has 0 aliphatic carbocycles. The summed E-state index contributed by atoms with van der Waals surface area (Å²) in [7, 11) is -3.07. The van der Waals surface area contributed by atoms with Crippen molar-refractivity contribution < 1.29 is 23.4 Å². The van der Waals surface area contributed by atoms with Gasteiger partial charge in [0.25, 0.3) is 0 Å². The molecule has 1 aliphatic heterocycles. The highest BCUT2D eigenvalue weighted by molar-refractivity contribution is 7.91. The van der Waals surface area contributed by atoms with Crippen molar-refractivity contribution in [1.29, 1.82) is 0 Å². The van der Waals surface area contributed by atoms with E-state index in [0.717, 1.165) is 6.42 Å². The van der Waals surface area contributed by atoms with Crippen LogP contribution in [0.4, 0.5) is 0 Å². The van der Waals surface area contributed by atoms with E-state index >= 15 is 0 Å². The van der Waals surface area contributed by atoms with E-state index in [1.165, 1.54) is 0 Å². The number of nitrogens with one attached hydrogen (secondary N) is 1. The predicted molar refractivity (Wildman–Crippen MR) is 59.0 cm³/mol. The molecule has 0 radical (unpaired) electrons. The van der Waals surface area contributed by atoms with Crippen LogP contribution in [0, 0.1) is 0 Å². The van der Waals surface area contributed by atoms with Crippen molar-refractivity contribution in [2.45, 2.75) is 18.6 Å². The summed E-state index contributed by atoms with van der Waals surface area (Å²) in [6, 6.07) is -0.358. The minimum absolute atomic E-state index is 0.00562. The summed E-state index contributed by atoms with van der Waals surface area (Å²) in [5.41, 5.74) is 0. The standard InChI is InChI=1S/C9H19NO5S/c11-3-5-15-4-1-2-10-8-6-16(13,14)7-9(8)12/h8-12H,1-7H2. The average Bonchev–Trinajstić information content (AvgIpc) is 2.45. The van der Waals surface area contributed by atoms with Gasteiger partial charge in [0.1, 0.15) is 0 Å². The van der Waals surface area contributed by atoms with Crippen molar-refractivity contribution in [2.24, 2.45) is 0 Å². The monoisotopic (exact) mass is 253 g/mol. The molecule has 0 aromatic carbocycles. The highest BCUT2D eigenvalue weighted by Crippen LogP contribution is 2.12. The molecule has 16 heavy (non-hydrogen) atoms.